The van der Waals surface area contributed by atoms with Crippen LogP contribution in [-0.4, -0.2) is 31.4 Å². The second-order valence-electron chi connectivity index (χ2n) is 6.86. The maximum Gasteiger partial charge on any atom is 0.227 e. The predicted octanol–water partition coefficient (Wildman–Crippen LogP) is 3.22. The largest absolute Gasteiger partial charge is 0.385 e. The molecule has 27 heavy (non-hydrogen) atoms. The average molecular weight is 365 g/mol. The van der Waals surface area contributed by atoms with Crippen LogP contribution < -0.4 is 15.5 Å². The second kappa shape index (κ2) is 9.21. The molecular formula is C22H27N3O2. The van der Waals surface area contributed by atoms with E-state index in [1.165, 1.54) is 5.56 Å². The number of benzene rings is 2. The molecule has 1 saturated heterocycles. The molecule has 1 unspecified atom stereocenters. The van der Waals surface area contributed by atoms with E-state index < -0.39 is 0 Å². The summed E-state index contributed by atoms with van der Waals surface area (Å²) in [6.07, 6.45) is 2.09. The first-order valence-corrected chi connectivity index (χ1v) is 9.63. The number of nitrogens with zero attached hydrogens (tertiary/aromatic N) is 1. The van der Waals surface area contributed by atoms with Gasteiger partial charge in [-0.05, 0) is 42.7 Å². The quantitative estimate of drug-likeness (QED) is 0.706. The third-order valence-electron chi connectivity index (χ3n) is 4.91. The van der Waals surface area contributed by atoms with E-state index >= 15 is 0 Å². The van der Waals surface area contributed by atoms with Crippen LogP contribution in [0.3, 0.4) is 0 Å². The van der Waals surface area contributed by atoms with Crippen molar-refractivity contribution in [3.05, 3.63) is 60.2 Å². The van der Waals surface area contributed by atoms with Gasteiger partial charge in [0.2, 0.25) is 11.8 Å². The lowest BCUT2D eigenvalue weighted by atomic mass is 10.1. The zero-order valence-electron chi connectivity index (χ0n) is 15.8. The van der Waals surface area contributed by atoms with E-state index in [2.05, 4.69) is 17.6 Å². The Hall–Kier alpha value is -2.82. The first-order chi connectivity index (χ1) is 13.2. The van der Waals surface area contributed by atoms with Crippen molar-refractivity contribution in [3.8, 4) is 0 Å². The molecule has 2 aromatic carbocycles. The Morgan fingerprint density at radius 2 is 1.81 bits per heavy atom. The van der Waals surface area contributed by atoms with E-state index in [9.17, 15) is 9.59 Å². The molecule has 1 aliphatic heterocycles. The summed E-state index contributed by atoms with van der Waals surface area (Å²) in [6.45, 7) is 3.96. The average Bonchev–Trinajstić information content (AvgIpc) is 3.10. The molecule has 0 aromatic heterocycles. The molecule has 5 nitrogen and oxygen atoms in total. The molecule has 0 saturated carbocycles. The number of para-hydroxylation sites is 1. The zero-order chi connectivity index (χ0) is 19.1. The minimum Gasteiger partial charge on any atom is -0.385 e. The Labute approximate surface area is 160 Å². The van der Waals surface area contributed by atoms with E-state index in [0.29, 0.717) is 13.1 Å². The van der Waals surface area contributed by atoms with Crippen LogP contribution in [0.25, 0.3) is 0 Å². The summed E-state index contributed by atoms with van der Waals surface area (Å²) in [5.41, 5.74) is 3.19. The number of carbonyl (C=O) groups is 2. The van der Waals surface area contributed by atoms with Crippen LogP contribution in [0.5, 0.6) is 0 Å². The van der Waals surface area contributed by atoms with Gasteiger partial charge in [0.05, 0.1) is 5.92 Å². The Morgan fingerprint density at radius 3 is 2.52 bits per heavy atom. The summed E-state index contributed by atoms with van der Waals surface area (Å²) in [4.78, 5) is 26.4. The summed E-state index contributed by atoms with van der Waals surface area (Å²) in [5, 5.41) is 6.28. The second-order valence-corrected chi connectivity index (χ2v) is 6.86. The highest BCUT2D eigenvalue weighted by Gasteiger charge is 2.34. The monoisotopic (exact) mass is 365 g/mol. The van der Waals surface area contributed by atoms with Gasteiger partial charge in [-0.15, -0.1) is 0 Å². The molecule has 5 heteroatoms. The SMILES string of the molecule is CCc1ccc(N2CC(C(=O)NCCCNc3ccccc3)CC2=O)cc1. The molecule has 1 atom stereocenters. The maximum absolute atomic E-state index is 12.4. The first kappa shape index (κ1) is 19.0. The number of anilines is 2. The molecule has 0 bridgehead atoms. The van der Waals surface area contributed by atoms with E-state index in [-0.39, 0.29) is 24.2 Å². The fourth-order valence-corrected chi connectivity index (χ4v) is 3.28. The number of amides is 2. The Balaban J connectivity index is 1.42. The van der Waals surface area contributed by atoms with Gasteiger partial charge in [0.25, 0.3) is 0 Å². The molecule has 0 aliphatic carbocycles. The molecular weight excluding hydrogens is 338 g/mol. The van der Waals surface area contributed by atoms with Crippen molar-refractivity contribution in [2.75, 3.05) is 29.9 Å². The van der Waals surface area contributed by atoms with Crippen LogP contribution in [0, 0.1) is 5.92 Å². The van der Waals surface area contributed by atoms with Gasteiger partial charge >= 0.3 is 0 Å². The lowest BCUT2D eigenvalue weighted by Gasteiger charge is -2.17. The highest BCUT2D eigenvalue weighted by Crippen LogP contribution is 2.25. The predicted molar refractivity (Wildman–Crippen MR) is 109 cm³/mol. The zero-order valence-corrected chi connectivity index (χ0v) is 15.8. The molecule has 0 radical (unpaired) electrons. The Morgan fingerprint density at radius 1 is 1.07 bits per heavy atom. The van der Waals surface area contributed by atoms with Crippen LogP contribution in [0.1, 0.15) is 25.3 Å². The maximum atomic E-state index is 12.4. The number of aryl methyl sites for hydroxylation is 1. The summed E-state index contributed by atoms with van der Waals surface area (Å²) < 4.78 is 0. The van der Waals surface area contributed by atoms with Crippen molar-refractivity contribution in [3.63, 3.8) is 0 Å². The minimum atomic E-state index is -0.273. The molecule has 142 valence electrons. The van der Waals surface area contributed by atoms with E-state index in [4.69, 9.17) is 0 Å². The van der Waals surface area contributed by atoms with Crippen LogP contribution in [-0.2, 0) is 16.0 Å². The van der Waals surface area contributed by atoms with Gasteiger partial charge in [0.15, 0.2) is 0 Å². The van der Waals surface area contributed by atoms with Crippen LogP contribution >= 0.6 is 0 Å². The van der Waals surface area contributed by atoms with Gasteiger partial charge in [0.1, 0.15) is 0 Å². The molecule has 0 spiro atoms. The smallest absolute Gasteiger partial charge is 0.227 e. The topological polar surface area (TPSA) is 61.4 Å². The minimum absolute atomic E-state index is 0.0187. The standard InChI is InChI=1S/C22H27N3O2/c1-2-17-9-11-20(12-10-17)25-16-18(15-21(25)26)22(27)24-14-6-13-23-19-7-4-3-5-8-19/h3-5,7-12,18,23H,2,6,13-16H2,1H3,(H,24,27). The van der Waals surface area contributed by atoms with Crippen molar-refractivity contribution in [2.45, 2.75) is 26.2 Å². The number of nitrogens with one attached hydrogen (secondary N) is 2. The van der Waals surface area contributed by atoms with Crippen molar-refractivity contribution in [2.24, 2.45) is 5.92 Å². The van der Waals surface area contributed by atoms with Gasteiger partial charge in [-0.3, -0.25) is 9.59 Å². The summed E-state index contributed by atoms with van der Waals surface area (Å²) in [5.74, 6) is -0.286. The van der Waals surface area contributed by atoms with Crippen LogP contribution in [0.15, 0.2) is 54.6 Å². The van der Waals surface area contributed by atoms with Crippen molar-refractivity contribution >= 4 is 23.2 Å². The normalized spacial score (nSPS) is 16.4. The van der Waals surface area contributed by atoms with E-state index in [1.54, 1.807) is 4.90 Å². The number of carbonyl (C=O) groups excluding carboxylic acids is 2. The molecule has 1 aliphatic rings. The Kier molecular flexibility index (Phi) is 6.47. The van der Waals surface area contributed by atoms with Crippen molar-refractivity contribution in [1.29, 1.82) is 0 Å². The molecule has 1 fully saturated rings. The van der Waals surface area contributed by atoms with Crippen LogP contribution in [0.2, 0.25) is 0 Å². The fourth-order valence-electron chi connectivity index (χ4n) is 3.28. The van der Waals surface area contributed by atoms with Crippen molar-refractivity contribution in [1.82, 2.24) is 5.32 Å². The fraction of sp³-hybridized carbons (Fsp3) is 0.364. The van der Waals surface area contributed by atoms with Crippen LogP contribution in [0.4, 0.5) is 11.4 Å². The van der Waals surface area contributed by atoms with Gasteiger partial charge in [-0.2, -0.15) is 0 Å². The van der Waals surface area contributed by atoms with Crippen molar-refractivity contribution < 1.29 is 9.59 Å². The molecule has 3 rings (SSSR count). The number of rotatable bonds is 8. The number of hydrogen-bond donors (Lipinski definition) is 2. The summed E-state index contributed by atoms with van der Waals surface area (Å²) >= 11 is 0. The van der Waals surface area contributed by atoms with Gasteiger partial charge < -0.3 is 15.5 Å². The van der Waals surface area contributed by atoms with E-state index in [0.717, 1.165) is 30.8 Å². The van der Waals surface area contributed by atoms with Gasteiger partial charge in [0, 0.05) is 37.4 Å². The van der Waals surface area contributed by atoms with Gasteiger partial charge in [-0.1, -0.05) is 37.3 Å². The highest BCUT2D eigenvalue weighted by molar-refractivity contribution is 6.00. The Bertz CT molecular complexity index is 759. The summed E-state index contributed by atoms with van der Waals surface area (Å²) in [7, 11) is 0. The molecule has 2 aromatic rings. The summed E-state index contributed by atoms with van der Waals surface area (Å²) in [6, 6.07) is 18.0. The molecule has 2 amide bonds. The molecule has 1 heterocycles. The lowest BCUT2D eigenvalue weighted by Crippen LogP contribution is -2.34. The lowest BCUT2D eigenvalue weighted by molar-refractivity contribution is -0.126. The highest BCUT2D eigenvalue weighted by atomic mass is 16.2. The number of hydrogen-bond acceptors (Lipinski definition) is 3. The van der Waals surface area contributed by atoms with E-state index in [1.807, 2.05) is 54.6 Å². The first-order valence-electron chi connectivity index (χ1n) is 9.63. The van der Waals surface area contributed by atoms with Gasteiger partial charge in [-0.25, -0.2) is 0 Å². The third-order valence-corrected chi connectivity index (χ3v) is 4.91. The molecule has 2 N–H and O–H groups in total. The third kappa shape index (κ3) is 5.09.